The molecule has 0 amide bonds. The number of unbranched alkanes of at least 4 members (excludes halogenated alkanes) is 3. The van der Waals surface area contributed by atoms with E-state index < -0.39 is 7.94 Å². The molecule has 0 spiro atoms. The van der Waals surface area contributed by atoms with Crippen molar-refractivity contribution < 1.29 is 14.7 Å². The number of hydrogen-bond acceptors (Lipinski definition) is 4. The van der Waals surface area contributed by atoms with Crippen molar-refractivity contribution in [1.29, 1.82) is 0 Å². The van der Waals surface area contributed by atoms with Gasteiger partial charge in [0, 0.05) is 0 Å². The van der Waals surface area contributed by atoms with Crippen LogP contribution in [0.25, 0.3) is 0 Å². The summed E-state index contributed by atoms with van der Waals surface area (Å²) in [6.07, 6.45) is 4.74. The van der Waals surface area contributed by atoms with Gasteiger partial charge in [0.2, 0.25) is 0 Å². The summed E-state index contributed by atoms with van der Waals surface area (Å²) in [6.45, 7) is 2.15. The molecule has 76 valence electrons. The Morgan fingerprint density at radius 2 is 1.75 bits per heavy atom. The SMILES string of the molecule is CCCCCCSC[PH](O)(O)O. The molecular weight excluding hydrogens is 195 g/mol. The fourth-order valence-corrected chi connectivity index (χ4v) is 2.92. The zero-order valence-electron chi connectivity index (χ0n) is 7.49. The summed E-state index contributed by atoms with van der Waals surface area (Å²) >= 11 is 1.42. The number of hydrogen-bond donors (Lipinski definition) is 3. The van der Waals surface area contributed by atoms with Gasteiger partial charge >= 0.3 is 78.2 Å². The van der Waals surface area contributed by atoms with Crippen molar-refractivity contribution in [1.82, 2.24) is 0 Å². The molecule has 0 aromatic carbocycles. The van der Waals surface area contributed by atoms with E-state index in [1.165, 1.54) is 31.0 Å². The molecular formula is C7H19O3PS. The topological polar surface area (TPSA) is 60.7 Å². The van der Waals surface area contributed by atoms with Gasteiger partial charge in [-0.2, -0.15) is 0 Å². The quantitative estimate of drug-likeness (QED) is 0.446. The molecule has 0 aliphatic carbocycles. The van der Waals surface area contributed by atoms with Crippen LogP contribution in [-0.4, -0.2) is 25.9 Å². The molecule has 0 rings (SSSR count). The van der Waals surface area contributed by atoms with Crippen molar-refractivity contribution in [3.05, 3.63) is 0 Å². The molecule has 12 heavy (non-hydrogen) atoms. The second-order valence-corrected chi connectivity index (χ2v) is 6.41. The van der Waals surface area contributed by atoms with Crippen molar-refractivity contribution >= 4 is 19.7 Å². The number of thioether (sulfide) groups is 1. The van der Waals surface area contributed by atoms with E-state index in [1.54, 1.807) is 0 Å². The third kappa shape index (κ3) is 10.7. The molecule has 0 saturated heterocycles. The van der Waals surface area contributed by atoms with E-state index in [2.05, 4.69) is 6.92 Å². The fraction of sp³-hybridized carbons (Fsp3) is 1.00. The molecule has 3 N–H and O–H groups in total. The van der Waals surface area contributed by atoms with Crippen LogP contribution in [0.3, 0.4) is 0 Å². The van der Waals surface area contributed by atoms with E-state index >= 15 is 0 Å². The van der Waals surface area contributed by atoms with Crippen LogP contribution in [-0.2, 0) is 0 Å². The van der Waals surface area contributed by atoms with Gasteiger partial charge < -0.3 is 0 Å². The predicted molar refractivity (Wildman–Crippen MR) is 56.4 cm³/mol. The molecule has 0 aliphatic rings. The first-order chi connectivity index (χ1) is 5.56. The molecule has 0 bridgehead atoms. The van der Waals surface area contributed by atoms with Crippen molar-refractivity contribution in [3.8, 4) is 0 Å². The average Bonchev–Trinajstić information content (AvgIpc) is 1.94. The molecule has 0 aliphatic heterocycles. The third-order valence-corrected chi connectivity index (χ3v) is 4.38. The Morgan fingerprint density at radius 3 is 2.25 bits per heavy atom. The second-order valence-electron chi connectivity index (χ2n) is 2.89. The fourth-order valence-electron chi connectivity index (χ4n) is 0.840. The minimum absolute atomic E-state index is 0.110. The Balaban J connectivity index is 3.01. The zero-order chi connectivity index (χ0) is 9.45. The molecule has 0 unspecified atom stereocenters. The van der Waals surface area contributed by atoms with Crippen molar-refractivity contribution in [2.24, 2.45) is 0 Å². The van der Waals surface area contributed by atoms with Crippen LogP contribution in [0.1, 0.15) is 32.6 Å². The van der Waals surface area contributed by atoms with Crippen LogP contribution in [0.4, 0.5) is 0 Å². The van der Waals surface area contributed by atoms with Crippen LogP contribution >= 0.6 is 19.7 Å². The maximum atomic E-state index is 8.65. The van der Waals surface area contributed by atoms with Crippen LogP contribution in [0.2, 0.25) is 0 Å². The summed E-state index contributed by atoms with van der Waals surface area (Å²) in [4.78, 5) is 25.9. The summed E-state index contributed by atoms with van der Waals surface area (Å²) in [7, 11) is -3.76. The molecule has 0 aromatic rings. The van der Waals surface area contributed by atoms with Gasteiger partial charge in [0.1, 0.15) is 0 Å². The maximum absolute atomic E-state index is 8.65. The van der Waals surface area contributed by atoms with Crippen LogP contribution in [0.15, 0.2) is 0 Å². The van der Waals surface area contributed by atoms with E-state index in [0.29, 0.717) is 0 Å². The first-order valence-electron chi connectivity index (χ1n) is 4.31. The average molecular weight is 214 g/mol. The van der Waals surface area contributed by atoms with Gasteiger partial charge in [0.15, 0.2) is 0 Å². The zero-order valence-corrected chi connectivity index (χ0v) is 9.31. The monoisotopic (exact) mass is 214 g/mol. The molecule has 3 nitrogen and oxygen atoms in total. The van der Waals surface area contributed by atoms with Crippen molar-refractivity contribution in [3.63, 3.8) is 0 Å². The summed E-state index contributed by atoms with van der Waals surface area (Å²) in [5.74, 6) is 0.913. The molecule has 0 heterocycles. The summed E-state index contributed by atoms with van der Waals surface area (Å²) in [5, 5.41) is 0. The summed E-state index contributed by atoms with van der Waals surface area (Å²) in [6, 6.07) is 0. The van der Waals surface area contributed by atoms with Gasteiger partial charge in [-0.1, -0.05) is 0 Å². The summed E-state index contributed by atoms with van der Waals surface area (Å²) in [5.41, 5.74) is 0.110. The first-order valence-corrected chi connectivity index (χ1v) is 7.51. The Morgan fingerprint density at radius 1 is 1.08 bits per heavy atom. The normalized spacial score (nSPS) is 13.3. The molecule has 0 radical (unpaired) electrons. The minimum atomic E-state index is -3.76. The summed E-state index contributed by atoms with van der Waals surface area (Å²) < 4.78 is 0. The van der Waals surface area contributed by atoms with E-state index in [4.69, 9.17) is 14.7 Å². The van der Waals surface area contributed by atoms with E-state index in [-0.39, 0.29) is 5.49 Å². The van der Waals surface area contributed by atoms with E-state index in [9.17, 15) is 0 Å². The molecule has 0 fully saturated rings. The Labute approximate surface area is 78.8 Å². The molecule has 0 saturated carbocycles. The van der Waals surface area contributed by atoms with Gasteiger partial charge in [-0.05, 0) is 0 Å². The van der Waals surface area contributed by atoms with E-state index in [1.807, 2.05) is 0 Å². The van der Waals surface area contributed by atoms with E-state index in [0.717, 1.165) is 12.2 Å². The Hall–Kier alpha value is 0.660. The van der Waals surface area contributed by atoms with Gasteiger partial charge in [0.25, 0.3) is 0 Å². The van der Waals surface area contributed by atoms with Crippen molar-refractivity contribution in [2.75, 3.05) is 11.2 Å². The Bertz CT molecular complexity index is 105. The second kappa shape index (κ2) is 7.10. The molecule has 0 aromatic heterocycles. The Kier molecular flexibility index (Phi) is 7.49. The van der Waals surface area contributed by atoms with Gasteiger partial charge in [-0.3, -0.25) is 0 Å². The van der Waals surface area contributed by atoms with Crippen LogP contribution in [0.5, 0.6) is 0 Å². The van der Waals surface area contributed by atoms with Gasteiger partial charge in [-0.15, -0.1) is 0 Å². The first kappa shape index (κ1) is 12.7. The van der Waals surface area contributed by atoms with Crippen LogP contribution in [0, 0.1) is 0 Å². The number of rotatable bonds is 7. The van der Waals surface area contributed by atoms with Gasteiger partial charge in [0.05, 0.1) is 0 Å². The standard InChI is InChI=1S/C7H19O3PS/c1-2-3-4-5-6-12-7-11(8,9)10/h8-11H,2-7H2,1H3. The molecule has 5 heteroatoms. The van der Waals surface area contributed by atoms with Crippen molar-refractivity contribution in [2.45, 2.75) is 32.6 Å². The molecule has 0 atom stereocenters. The third-order valence-electron chi connectivity index (χ3n) is 1.44. The van der Waals surface area contributed by atoms with Crippen LogP contribution < -0.4 is 0 Å². The predicted octanol–water partition coefficient (Wildman–Crippen LogP) is 1.73. The van der Waals surface area contributed by atoms with Gasteiger partial charge in [-0.25, -0.2) is 0 Å².